The standard InChI is InChI=1S/C21H18BF2NO3/c1-26-19-7-3-15(4-8-19)17-11-12-25-18(13-17)14-21(28-22(23)24)16-5-9-20(27-2)10-6-16/h3-14H,1-2H3/b21-14-. The smallest absolute Gasteiger partial charge is 0.505 e. The second kappa shape index (κ2) is 9.04. The third kappa shape index (κ3) is 4.88. The lowest BCUT2D eigenvalue weighted by molar-refractivity contribution is 0.398. The fraction of sp³-hybridized carbons (Fsp3) is 0.0952. The summed E-state index contributed by atoms with van der Waals surface area (Å²) in [5.74, 6) is 1.40. The monoisotopic (exact) mass is 381 g/mol. The number of pyridine rings is 1. The topological polar surface area (TPSA) is 40.6 Å². The van der Waals surface area contributed by atoms with Crippen LogP contribution >= 0.6 is 0 Å². The van der Waals surface area contributed by atoms with Gasteiger partial charge in [-0.1, -0.05) is 12.1 Å². The predicted octanol–water partition coefficient (Wildman–Crippen LogP) is 5.20. The van der Waals surface area contributed by atoms with Crippen LogP contribution in [-0.2, 0) is 4.65 Å². The maximum absolute atomic E-state index is 12.9. The van der Waals surface area contributed by atoms with Gasteiger partial charge < -0.3 is 14.1 Å². The minimum absolute atomic E-state index is 0.0250. The lowest BCUT2D eigenvalue weighted by Gasteiger charge is -2.10. The van der Waals surface area contributed by atoms with Crippen LogP contribution in [0.1, 0.15) is 11.3 Å². The minimum Gasteiger partial charge on any atom is -0.505 e. The van der Waals surface area contributed by atoms with Crippen LogP contribution in [0.4, 0.5) is 8.63 Å². The number of aromatic nitrogens is 1. The molecule has 0 aliphatic heterocycles. The van der Waals surface area contributed by atoms with Crippen molar-refractivity contribution < 1.29 is 22.8 Å². The van der Waals surface area contributed by atoms with E-state index in [9.17, 15) is 8.63 Å². The van der Waals surface area contributed by atoms with Crippen LogP contribution in [0.25, 0.3) is 23.0 Å². The van der Waals surface area contributed by atoms with Gasteiger partial charge in [0, 0.05) is 17.8 Å². The van der Waals surface area contributed by atoms with Gasteiger partial charge in [-0.3, -0.25) is 4.98 Å². The minimum atomic E-state index is -2.95. The summed E-state index contributed by atoms with van der Waals surface area (Å²) >= 11 is 0. The SMILES string of the molecule is COc1ccc(/C(=C/c2cc(-c3ccc(OC)cc3)ccn2)OB(F)F)cc1. The Hall–Kier alpha value is -3.35. The van der Waals surface area contributed by atoms with Crippen LogP contribution in [0.15, 0.2) is 66.9 Å². The van der Waals surface area contributed by atoms with Crippen LogP contribution in [0.2, 0.25) is 0 Å². The van der Waals surface area contributed by atoms with Gasteiger partial charge in [-0.15, -0.1) is 0 Å². The molecule has 142 valence electrons. The second-order valence-electron chi connectivity index (χ2n) is 5.81. The van der Waals surface area contributed by atoms with Crippen LogP contribution in [0, 0.1) is 0 Å². The van der Waals surface area contributed by atoms with E-state index in [1.807, 2.05) is 30.3 Å². The summed E-state index contributed by atoms with van der Waals surface area (Å²) in [5, 5.41) is 0. The molecule has 0 N–H and O–H groups in total. The molecule has 28 heavy (non-hydrogen) atoms. The van der Waals surface area contributed by atoms with Gasteiger partial charge >= 0.3 is 7.47 Å². The van der Waals surface area contributed by atoms with Gasteiger partial charge in [0.15, 0.2) is 0 Å². The number of nitrogens with zero attached hydrogens (tertiary/aromatic N) is 1. The zero-order valence-corrected chi connectivity index (χ0v) is 15.4. The number of hydrogen-bond donors (Lipinski definition) is 0. The molecule has 4 nitrogen and oxygen atoms in total. The van der Waals surface area contributed by atoms with E-state index >= 15 is 0 Å². The Morgan fingerprint density at radius 3 is 2.04 bits per heavy atom. The Kier molecular flexibility index (Phi) is 6.27. The summed E-state index contributed by atoms with van der Waals surface area (Å²) in [4.78, 5) is 4.25. The highest BCUT2D eigenvalue weighted by Crippen LogP contribution is 2.26. The third-order valence-electron chi connectivity index (χ3n) is 4.07. The molecule has 0 aliphatic rings. The van der Waals surface area contributed by atoms with Crippen molar-refractivity contribution in [1.82, 2.24) is 4.98 Å². The van der Waals surface area contributed by atoms with Crippen LogP contribution in [0.5, 0.6) is 11.5 Å². The number of methoxy groups -OCH3 is 2. The van der Waals surface area contributed by atoms with E-state index in [4.69, 9.17) is 14.1 Å². The number of ether oxygens (including phenoxy) is 2. The molecule has 0 radical (unpaired) electrons. The zero-order valence-electron chi connectivity index (χ0n) is 15.4. The molecule has 0 saturated carbocycles. The van der Waals surface area contributed by atoms with Gasteiger partial charge in [0.2, 0.25) is 0 Å². The van der Waals surface area contributed by atoms with Crippen molar-refractivity contribution in [1.29, 1.82) is 0 Å². The number of rotatable bonds is 7. The molecule has 1 heterocycles. The van der Waals surface area contributed by atoms with E-state index in [-0.39, 0.29) is 5.76 Å². The fourth-order valence-electron chi connectivity index (χ4n) is 2.66. The molecule has 7 heteroatoms. The summed E-state index contributed by atoms with van der Waals surface area (Å²) in [6, 6.07) is 17.9. The zero-order chi connectivity index (χ0) is 19.9. The molecule has 0 saturated heterocycles. The first-order valence-corrected chi connectivity index (χ1v) is 8.50. The average molecular weight is 381 g/mol. The molecule has 3 aromatic rings. The summed E-state index contributed by atoms with van der Waals surface area (Å²) in [6.45, 7) is 0. The van der Waals surface area contributed by atoms with Gasteiger partial charge in [0.05, 0.1) is 19.9 Å². The van der Waals surface area contributed by atoms with Crippen molar-refractivity contribution >= 4 is 19.3 Å². The van der Waals surface area contributed by atoms with Crippen molar-refractivity contribution in [2.75, 3.05) is 14.2 Å². The van der Waals surface area contributed by atoms with Crippen LogP contribution in [-0.4, -0.2) is 26.7 Å². The van der Waals surface area contributed by atoms with E-state index in [0.29, 0.717) is 17.0 Å². The molecule has 0 aliphatic carbocycles. The van der Waals surface area contributed by atoms with Crippen LogP contribution in [0.3, 0.4) is 0 Å². The summed E-state index contributed by atoms with van der Waals surface area (Å²) in [6.07, 6.45) is 3.11. The van der Waals surface area contributed by atoms with Crippen LogP contribution < -0.4 is 9.47 Å². The van der Waals surface area contributed by atoms with Crippen molar-refractivity contribution in [3.05, 3.63) is 78.1 Å². The largest absolute Gasteiger partial charge is 0.796 e. The third-order valence-corrected chi connectivity index (χ3v) is 4.07. The highest BCUT2D eigenvalue weighted by Gasteiger charge is 2.20. The molecular formula is C21H18BF2NO3. The van der Waals surface area contributed by atoms with E-state index < -0.39 is 7.47 Å². The van der Waals surface area contributed by atoms with Gasteiger partial charge in [-0.2, -0.15) is 0 Å². The average Bonchev–Trinajstić information content (AvgIpc) is 2.73. The number of benzene rings is 2. The Bertz CT molecular complexity index is 945. The lowest BCUT2D eigenvalue weighted by Crippen LogP contribution is -2.04. The lowest BCUT2D eigenvalue weighted by atomic mass is 10.1. The molecule has 0 bridgehead atoms. The highest BCUT2D eigenvalue weighted by molar-refractivity contribution is 6.36. The predicted molar refractivity (Wildman–Crippen MR) is 106 cm³/mol. The summed E-state index contributed by atoms with van der Waals surface area (Å²) < 4.78 is 40.8. The van der Waals surface area contributed by atoms with E-state index in [2.05, 4.69) is 4.98 Å². The Labute approximate surface area is 162 Å². The molecule has 0 amide bonds. The fourth-order valence-corrected chi connectivity index (χ4v) is 2.66. The molecular weight excluding hydrogens is 363 g/mol. The molecule has 0 spiro atoms. The van der Waals surface area contributed by atoms with Gasteiger partial charge in [-0.25, -0.2) is 8.63 Å². The number of halogens is 2. The first-order valence-electron chi connectivity index (χ1n) is 8.50. The van der Waals surface area contributed by atoms with E-state index in [1.54, 1.807) is 43.6 Å². The normalized spacial score (nSPS) is 11.1. The Morgan fingerprint density at radius 1 is 0.857 bits per heavy atom. The molecule has 3 rings (SSSR count). The maximum Gasteiger partial charge on any atom is 0.796 e. The Balaban J connectivity index is 1.94. The quantitative estimate of drug-likeness (QED) is 0.417. The van der Waals surface area contributed by atoms with E-state index in [0.717, 1.165) is 16.9 Å². The summed E-state index contributed by atoms with van der Waals surface area (Å²) in [5.41, 5.74) is 2.85. The Morgan fingerprint density at radius 2 is 1.46 bits per heavy atom. The van der Waals surface area contributed by atoms with Gasteiger partial charge in [0.25, 0.3) is 0 Å². The maximum atomic E-state index is 12.9. The van der Waals surface area contributed by atoms with Crippen molar-refractivity contribution in [3.63, 3.8) is 0 Å². The van der Waals surface area contributed by atoms with Crippen molar-refractivity contribution in [2.45, 2.75) is 0 Å². The van der Waals surface area contributed by atoms with Crippen molar-refractivity contribution in [3.8, 4) is 22.6 Å². The molecule has 0 fully saturated rings. The number of hydrogen-bond acceptors (Lipinski definition) is 4. The summed E-state index contributed by atoms with van der Waals surface area (Å²) in [7, 11) is 0.197. The van der Waals surface area contributed by atoms with Gasteiger partial charge in [0.1, 0.15) is 17.3 Å². The highest BCUT2D eigenvalue weighted by atomic mass is 19.2. The molecule has 1 aromatic heterocycles. The molecule has 0 unspecified atom stereocenters. The second-order valence-corrected chi connectivity index (χ2v) is 5.81. The first kappa shape index (κ1) is 19.4. The first-order chi connectivity index (χ1) is 13.6. The molecule has 2 aromatic carbocycles. The van der Waals surface area contributed by atoms with Crippen molar-refractivity contribution in [2.24, 2.45) is 0 Å². The molecule has 0 atom stereocenters. The van der Waals surface area contributed by atoms with E-state index in [1.165, 1.54) is 13.2 Å². The van der Waals surface area contributed by atoms with Gasteiger partial charge in [-0.05, 0) is 59.7 Å².